The first kappa shape index (κ1) is 28.2. The predicted octanol–water partition coefficient (Wildman–Crippen LogP) is 6.44. The molecule has 0 fully saturated rings. The molecule has 2 aromatic carbocycles. The molecule has 1 atom stereocenters. The van der Waals surface area contributed by atoms with Gasteiger partial charge in [-0.2, -0.15) is 0 Å². The molecule has 1 unspecified atom stereocenters. The lowest BCUT2D eigenvalue weighted by Gasteiger charge is -2.31. The van der Waals surface area contributed by atoms with E-state index >= 15 is 0 Å². The van der Waals surface area contributed by atoms with Crippen LogP contribution >= 0.6 is 0 Å². The van der Waals surface area contributed by atoms with Crippen LogP contribution in [0.2, 0.25) is 0 Å². The fourth-order valence-corrected chi connectivity index (χ4v) is 3.79. The van der Waals surface area contributed by atoms with Crippen LogP contribution in [0.1, 0.15) is 46.2 Å². The minimum Gasteiger partial charge on any atom is -0.505 e. The van der Waals surface area contributed by atoms with Gasteiger partial charge in [-0.05, 0) is 18.2 Å². The standard InChI is InChI=1S/C23H25NO3.C5H6NO.C2H6/c1-15-21(25)19(22(26)23(2,3)4)20(17-13-9-10-14-18(17)27-5)24(15)16-11-7-6-8-12-16;7-6-4-2-1-3-5-6;1-2/h6-14,20,25H,1H2,2-5H3;1-5,7H;1-2H3/q;+1;. The summed E-state index contributed by atoms with van der Waals surface area (Å²) < 4.78 is 6.55. The summed E-state index contributed by atoms with van der Waals surface area (Å²) in [5.41, 5.74) is 1.77. The molecule has 0 amide bonds. The summed E-state index contributed by atoms with van der Waals surface area (Å²) in [6.45, 7) is 13.6. The molecule has 4 rings (SSSR count). The van der Waals surface area contributed by atoms with Gasteiger partial charge in [0.05, 0.1) is 24.4 Å². The molecule has 36 heavy (non-hydrogen) atoms. The van der Waals surface area contributed by atoms with Crippen LogP contribution in [0.4, 0.5) is 5.69 Å². The van der Waals surface area contributed by atoms with Crippen LogP contribution in [0.5, 0.6) is 5.75 Å². The van der Waals surface area contributed by atoms with Gasteiger partial charge >= 0.3 is 0 Å². The molecule has 0 saturated heterocycles. The SMILES string of the molecule is C=C1C(O)=C(C(=O)C(C)(C)C)C(c2ccccc2OC)N1c1ccccc1.CC.O[n+]1ccccc1. The zero-order valence-electron chi connectivity index (χ0n) is 22.0. The Labute approximate surface area is 214 Å². The molecule has 0 radical (unpaired) electrons. The van der Waals surface area contributed by atoms with E-state index in [2.05, 4.69) is 6.58 Å². The molecular weight excluding hydrogens is 452 g/mol. The number of pyridine rings is 1. The number of anilines is 1. The summed E-state index contributed by atoms with van der Waals surface area (Å²) in [7, 11) is 1.60. The third-order valence-electron chi connectivity index (χ3n) is 5.44. The van der Waals surface area contributed by atoms with Crippen molar-refractivity contribution in [2.75, 3.05) is 12.0 Å². The summed E-state index contributed by atoms with van der Waals surface area (Å²) >= 11 is 0. The van der Waals surface area contributed by atoms with Gasteiger partial charge in [-0.15, -0.1) is 0 Å². The van der Waals surface area contributed by atoms with Crippen LogP contribution in [0.15, 0.2) is 109 Å². The molecule has 0 spiro atoms. The number of benzene rings is 2. The Morgan fingerprint density at radius 1 is 0.944 bits per heavy atom. The second-order valence-corrected chi connectivity index (χ2v) is 8.89. The molecule has 1 aliphatic rings. The fraction of sp³-hybridized carbons (Fsp3) is 0.267. The van der Waals surface area contributed by atoms with Crippen molar-refractivity contribution in [3.63, 3.8) is 0 Å². The van der Waals surface area contributed by atoms with Gasteiger partial charge in [0.2, 0.25) is 12.4 Å². The Morgan fingerprint density at radius 3 is 1.97 bits per heavy atom. The smallest absolute Gasteiger partial charge is 0.222 e. The van der Waals surface area contributed by atoms with Gasteiger partial charge in [-0.3, -0.25) is 10.0 Å². The topological polar surface area (TPSA) is 73.9 Å². The van der Waals surface area contributed by atoms with Crippen LogP contribution in [-0.4, -0.2) is 23.2 Å². The number of aliphatic hydroxyl groups is 1. The van der Waals surface area contributed by atoms with Crippen LogP contribution in [0, 0.1) is 5.41 Å². The molecule has 1 aromatic heterocycles. The largest absolute Gasteiger partial charge is 0.505 e. The number of methoxy groups -OCH3 is 1. The molecule has 190 valence electrons. The van der Waals surface area contributed by atoms with Gasteiger partial charge < -0.3 is 14.7 Å². The van der Waals surface area contributed by atoms with Gasteiger partial charge in [0.15, 0.2) is 5.78 Å². The van der Waals surface area contributed by atoms with Gasteiger partial charge in [0.1, 0.15) is 11.5 Å². The molecule has 0 saturated carbocycles. The van der Waals surface area contributed by atoms with Crippen molar-refractivity contribution < 1.29 is 24.6 Å². The number of rotatable bonds is 4. The van der Waals surface area contributed by atoms with Gasteiger partial charge in [0, 0.05) is 33.5 Å². The Balaban J connectivity index is 0.000000431. The summed E-state index contributed by atoms with van der Waals surface area (Å²) in [5.74, 6) is 0.482. The minimum absolute atomic E-state index is 0.0605. The summed E-state index contributed by atoms with van der Waals surface area (Å²) in [4.78, 5) is 15.2. The zero-order chi connectivity index (χ0) is 26.9. The number of Topliss-reactive ketones (excluding diaryl/α,β-unsaturated/α-hetero) is 1. The Hall–Kier alpha value is -4.06. The average Bonchev–Trinajstić information content (AvgIpc) is 3.15. The van der Waals surface area contributed by atoms with Crippen LogP contribution in [-0.2, 0) is 4.79 Å². The quantitative estimate of drug-likeness (QED) is 0.326. The molecule has 2 heterocycles. The predicted molar refractivity (Wildman–Crippen MR) is 143 cm³/mol. The number of hydrogen-bond donors (Lipinski definition) is 2. The number of ketones is 1. The molecule has 1 aliphatic heterocycles. The summed E-state index contributed by atoms with van der Waals surface area (Å²) in [5, 5.41) is 19.4. The van der Waals surface area contributed by atoms with E-state index < -0.39 is 11.5 Å². The van der Waals surface area contributed by atoms with Crippen molar-refractivity contribution in [3.8, 4) is 5.75 Å². The first-order valence-electron chi connectivity index (χ1n) is 12.0. The number of para-hydroxylation sites is 2. The monoisotopic (exact) mass is 489 g/mol. The Kier molecular flexibility index (Phi) is 9.85. The van der Waals surface area contributed by atoms with Crippen LogP contribution < -0.4 is 14.4 Å². The van der Waals surface area contributed by atoms with Crippen molar-refractivity contribution in [1.29, 1.82) is 0 Å². The summed E-state index contributed by atoms with van der Waals surface area (Å²) in [6.07, 6.45) is 3.11. The fourth-order valence-electron chi connectivity index (χ4n) is 3.79. The number of carbonyl (C=O) groups is 1. The number of carbonyl (C=O) groups excluding carboxylic acids is 1. The first-order valence-corrected chi connectivity index (χ1v) is 12.0. The highest BCUT2D eigenvalue weighted by Gasteiger charge is 2.44. The maximum absolute atomic E-state index is 13.3. The molecular formula is C30H37N2O4+. The Bertz CT molecular complexity index is 1180. The lowest BCUT2D eigenvalue weighted by molar-refractivity contribution is -0.904. The zero-order valence-corrected chi connectivity index (χ0v) is 22.0. The van der Waals surface area contributed by atoms with E-state index in [0.29, 0.717) is 17.0 Å². The van der Waals surface area contributed by atoms with Crippen molar-refractivity contribution in [2.24, 2.45) is 5.41 Å². The number of ether oxygens (including phenoxy) is 1. The number of nitrogens with zero attached hydrogens (tertiary/aromatic N) is 2. The molecule has 3 aromatic rings. The third kappa shape index (κ3) is 6.33. The number of aromatic nitrogens is 1. The Morgan fingerprint density at radius 2 is 1.47 bits per heavy atom. The van der Waals surface area contributed by atoms with Crippen LogP contribution in [0.3, 0.4) is 0 Å². The lowest BCUT2D eigenvalue weighted by atomic mass is 9.82. The lowest BCUT2D eigenvalue weighted by Crippen LogP contribution is -2.30. The number of hydrogen-bond acceptors (Lipinski definition) is 5. The van der Waals surface area contributed by atoms with E-state index in [9.17, 15) is 9.90 Å². The van der Waals surface area contributed by atoms with E-state index in [4.69, 9.17) is 9.94 Å². The van der Waals surface area contributed by atoms with Crippen molar-refractivity contribution in [1.82, 2.24) is 0 Å². The van der Waals surface area contributed by atoms with Crippen LogP contribution in [0.25, 0.3) is 0 Å². The molecule has 6 heteroatoms. The van der Waals surface area contributed by atoms with Gasteiger partial charge in [0.25, 0.3) is 0 Å². The minimum atomic E-state index is -0.642. The van der Waals surface area contributed by atoms with E-state index in [0.717, 1.165) is 16.0 Å². The van der Waals surface area contributed by atoms with Crippen molar-refractivity contribution >= 4 is 11.5 Å². The van der Waals surface area contributed by atoms with E-state index in [1.54, 1.807) is 31.6 Å². The average molecular weight is 490 g/mol. The highest BCUT2D eigenvalue weighted by molar-refractivity contribution is 6.03. The molecule has 2 N–H and O–H groups in total. The normalized spacial score (nSPS) is 14.9. The highest BCUT2D eigenvalue weighted by Crippen LogP contribution is 2.48. The maximum Gasteiger partial charge on any atom is 0.222 e. The first-order chi connectivity index (χ1) is 17.2. The highest BCUT2D eigenvalue weighted by atomic mass is 16.5. The molecule has 6 nitrogen and oxygen atoms in total. The van der Waals surface area contributed by atoms with E-state index in [1.165, 1.54) is 0 Å². The van der Waals surface area contributed by atoms with Gasteiger partial charge in [-0.25, -0.2) is 0 Å². The summed E-state index contributed by atoms with van der Waals surface area (Å²) in [6, 6.07) is 22.0. The second kappa shape index (κ2) is 12.6. The van der Waals surface area contributed by atoms with Gasteiger partial charge in [-0.1, -0.05) is 83.7 Å². The van der Waals surface area contributed by atoms with Crippen molar-refractivity contribution in [3.05, 3.63) is 114 Å². The molecule has 0 aliphatic carbocycles. The maximum atomic E-state index is 13.3. The van der Waals surface area contributed by atoms with E-state index in [1.807, 2.05) is 100 Å². The third-order valence-corrected chi connectivity index (χ3v) is 5.44. The number of aliphatic hydroxyl groups excluding tert-OH is 1. The second-order valence-electron chi connectivity index (χ2n) is 8.89. The molecule has 0 bridgehead atoms. The van der Waals surface area contributed by atoms with Crippen molar-refractivity contribution in [2.45, 2.75) is 40.7 Å². The van der Waals surface area contributed by atoms with E-state index in [-0.39, 0.29) is 11.5 Å².